The van der Waals surface area contributed by atoms with Crippen molar-refractivity contribution in [3.05, 3.63) is 69.4 Å². The number of hydrogen-bond acceptors (Lipinski definition) is 5. The number of aryl methyl sites for hydroxylation is 3. The van der Waals surface area contributed by atoms with Gasteiger partial charge >= 0.3 is 5.97 Å². The van der Waals surface area contributed by atoms with Crippen molar-refractivity contribution in [2.75, 3.05) is 7.11 Å². The second kappa shape index (κ2) is 6.05. The van der Waals surface area contributed by atoms with E-state index in [0.717, 1.165) is 16.8 Å². The summed E-state index contributed by atoms with van der Waals surface area (Å²) in [7, 11) is 1.31. The number of benzene rings is 1. The maximum Gasteiger partial charge on any atom is 0.343 e. The van der Waals surface area contributed by atoms with Crippen molar-refractivity contribution in [1.82, 2.24) is 19.2 Å². The van der Waals surface area contributed by atoms with Gasteiger partial charge in [0.25, 0.3) is 5.56 Å². The molecule has 27 heavy (non-hydrogen) atoms. The predicted octanol–water partition coefficient (Wildman–Crippen LogP) is 2.75. The van der Waals surface area contributed by atoms with Crippen LogP contribution in [0.4, 0.5) is 0 Å². The number of esters is 1. The lowest BCUT2D eigenvalue weighted by atomic mass is 10.1. The first-order chi connectivity index (χ1) is 12.9. The van der Waals surface area contributed by atoms with Crippen molar-refractivity contribution in [2.45, 2.75) is 20.8 Å². The summed E-state index contributed by atoms with van der Waals surface area (Å²) in [5.41, 5.74) is 4.52. The Bertz CT molecular complexity index is 1260. The minimum Gasteiger partial charge on any atom is -0.465 e. The van der Waals surface area contributed by atoms with Gasteiger partial charge < -0.3 is 4.74 Å². The maximum atomic E-state index is 13.1. The summed E-state index contributed by atoms with van der Waals surface area (Å²) in [6.07, 6.45) is 3.20. The molecule has 0 aliphatic carbocycles. The number of methoxy groups -OCH3 is 1. The molecule has 0 saturated carbocycles. The van der Waals surface area contributed by atoms with Gasteiger partial charge in [0, 0.05) is 18.1 Å². The van der Waals surface area contributed by atoms with Crippen molar-refractivity contribution >= 4 is 22.5 Å². The number of aromatic nitrogens is 4. The van der Waals surface area contributed by atoms with Gasteiger partial charge in [-0.05, 0) is 50.1 Å². The summed E-state index contributed by atoms with van der Waals surface area (Å²) >= 11 is 0. The molecule has 7 nitrogen and oxygen atoms in total. The zero-order valence-corrected chi connectivity index (χ0v) is 15.5. The molecule has 4 aromatic rings. The molecule has 0 amide bonds. The van der Waals surface area contributed by atoms with E-state index in [4.69, 9.17) is 4.74 Å². The minimum absolute atomic E-state index is 0.195. The van der Waals surface area contributed by atoms with Crippen LogP contribution < -0.4 is 5.56 Å². The topological polar surface area (TPSA) is 78.5 Å². The molecule has 0 radical (unpaired) electrons. The van der Waals surface area contributed by atoms with E-state index in [2.05, 4.69) is 16.1 Å². The van der Waals surface area contributed by atoms with Crippen LogP contribution in [0.3, 0.4) is 0 Å². The Morgan fingerprint density at radius 1 is 1.11 bits per heavy atom. The van der Waals surface area contributed by atoms with E-state index in [1.807, 2.05) is 26.0 Å². The number of rotatable bonds is 2. The fourth-order valence-electron chi connectivity index (χ4n) is 3.41. The Kier molecular flexibility index (Phi) is 3.80. The Balaban J connectivity index is 2.01. The molecule has 0 saturated heterocycles. The molecule has 0 aliphatic rings. The molecule has 7 heteroatoms. The van der Waals surface area contributed by atoms with E-state index >= 15 is 0 Å². The van der Waals surface area contributed by atoms with E-state index in [9.17, 15) is 9.59 Å². The van der Waals surface area contributed by atoms with Crippen LogP contribution in [0.1, 0.15) is 27.2 Å². The zero-order chi connectivity index (χ0) is 19.3. The first kappa shape index (κ1) is 17.0. The number of ether oxygens (including phenoxy) is 1. The van der Waals surface area contributed by atoms with Crippen molar-refractivity contribution < 1.29 is 9.53 Å². The first-order valence-corrected chi connectivity index (χ1v) is 8.47. The van der Waals surface area contributed by atoms with Crippen LogP contribution in [0, 0.1) is 20.8 Å². The zero-order valence-electron chi connectivity index (χ0n) is 15.5. The number of carbonyl (C=O) groups is 1. The second-order valence-electron chi connectivity index (χ2n) is 6.58. The standard InChI is InChI=1S/C20H18N4O3/c1-11-7-12(2)9-14(8-11)23-6-5-16-15(19(23)25)10-21-18-17(20(26)27-4)13(3)22-24(16)18/h5-10H,1-4H3. The maximum absolute atomic E-state index is 13.1. The van der Waals surface area contributed by atoms with Crippen LogP contribution in [-0.4, -0.2) is 32.2 Å². The molecule has 0 atom stereocenters. The van der Waals surface area contributed by atoms with Gasteiger partial charge in [0.1, 0.15) is 5.56 Å². The summed E-state index contributed by atoms with van der Waals surface area (Å²) in [5, 5.41) is 4.81. The molecule has 0 spiro atoms. The van der Waals surface area contributed by atoms with Gasteiger partial charge in [-0.2, -0.15) is 5.10 Å². The molecule has 0 aliphatic heterocycles. The SMILES string of the molecule is COC(=O)c1c(C)nn2c1ncc1c(=O)n(-c3cc(C)cc(C)c3)ccc12. The fourth-order valence-corrected chi connectivity index (χ4v) is 3.41. The number of nitrogens with zero attached hydrogens (tertiary/aromatic N) is 4. The van der Waals surface area contributed by atoms with E-state index in [1.165, 1.54) is 17.8 Å². The molecule has 0 N–H and O–H groups in total. The normalized spacial score (nSPS) is 11.3. The van der Waals surface area contributed by atoms with Crippen molar-refractivity contribution in [3.8, 4) is 5.69 Å². The van der Waals surface area contributed by atoms with E-state index in [1.54, 1.807) is 23.8 Å². The number of carbonyl (C=O) groups excluding carboxylic acids is 1. The van der Waals surface area contributed by atoms with Gasteiger partial charge in [-0.3, -0.25) is 9.36 Å². The van der Waals surface area contributed by atoms with Crippen molar-refractivity contribution in [3.63, 3.8) is 0 Å². The van der Waals surface area contributed by atoms with Crippen molar-refractivity contribution in [1.29, 1.82) is 0 Å². The lowest BCUT2D eigenvalue weighted by Gasteiger charge is -2.10. The van der Waals surface area contributed by atoms with E-state index in [-0.39, 0.29) is 5.56 Å². The number of pyridine rings is 1. The highest BCUT2D eigenvalue weighted by Crippen LogP contribution is 2.20. The third kappa shape index (κ3) is 2.59. The molecule has 0 bridgehead atoms. The van der Waals surface area contributed by atoms with Crippen LogP contribution >= 0.6 is 0 Å². The Morgan fingerprint density at radius 3 is 2.48 bits per heavy atom. The van der Waals surface area contributed by atoms with Crippen molar-refractivity contribution in [2.24, 2.45) is 0 Å². The minimum atomic E-state index is -0.502. The largest absolute Gasteiger partial charge is 0.465 e. The number of fused-ring (bicyclic) bond motifs is 3. The predicted molar refractivity (Wildman–Crippen MR) is 102 cm³/mol. The highest BCUT2D eigenvalue weighted by atomic mass is 16.5. The summed E-state index contributed by atoms with van der Waals surface area (Å²) in [6.45, 7) is 5.70. The molecular formula is C20H18N4O3. The summed E-state index contributed by atoms with van der Waals surface area (Å²) in [6, 6.07) is 7.78. The first-order valence-electron chi connectivity index (χ1n) is 8.47. The lowest BCUT2D eigenvalue weighted by Crippen LogP contribution is -2.19. The average molecular weight is 362 g/mol. The monoisotopic (exact) mass is 362 g/mol. The molecule has 0 fully saturated rings. The van der Waals surface area contributed by atoms with Crippen LogP contribution in [0.15, 0.2) is 41.5 Å². The summed E-state index contributed by atoms with van der Waals surface area (Å²) in [5.74, 6) is -0.502. The van der Waals surface area contributed by atoms with Crippen LogP contribution in [-0.2, 0) is 4.74 Å². The van der Waals surface area contributed by atoms with Gasteiger partial charge in [0.15, 0.2) is 5.65 Å². The summed E-state index contributed by atoms with van der Waals surface area (Å²) < 4.78 is 7.93. The fraction of sp³-hybridized carbons (Fsp3) is 0.200. The Labute approximate surface area is 154 Å². The average Bonchev–Trinajstić information content (AvgIpc) is 2.96. The Hall–Kier alpha value is -3.48. The second-order valence-corrected chi connectivity index (χ2v) is 6.58. The molecular weight excluding hydrogens is 344 g/mol. The molecule has 3 heterocycles. The van der Waals surface area contributed by atoms with E-state index < -0.39 is 5.97 Å². The van der Waals surface area contributed by atoms with Gasteiger partial charge in [0.2, 0.25) is 0 Å². The third-order valence-corrected chi connectivity index (χ3v) is 4.56. The van der Waals surface area contributed by atoms with Crippen LogP contribution in [0.2, 0.25) is 0 Å². The van der Waals surface area contributed by atoms with Crippen LogP contribution in [0.5, 0.6) is 0 Å². The van der Waals surface area contributed by atoms with Gasteiger partial charge in [-0.1, -0.05) is 6.07 Å². The Morgan fingerprint density at radius 2 is 1.81 bits per heavy atom. The number of hydrogen-bond donors (Lipinski definition) is 0. The van der Waals surface area contributed by atoms with Gasteiger partial charge in [0.05, 0.1) is 23.7 Å². The molecule has 4 rings (SSSR count). The smallest absolute Gasteiger partial charge is 0.343 e. The molecule has 1 aromatic carbocycles. The highest BCUT2D eigenvalue weighted by molar-refractivity contribution is 5.98. The summed E-state index contributed by atoms with van der Waals surface area (Å²) in [4.78, 5) is 29.4. The van der Waals surface area contributed by atoms with Crippen LogP contribution in [0.25, 0.3) is 22.2 Å². The van der Waals surface area contributed by atoms with Gasteiger partial charge in [-0.25, -0.2) is 14.3 Å². The van der Waals surface area contributed by atoms with Gasteiger partial charge in [-0.15, -0.1) is 0 Å². The molecule has 3 aromatic heterocycles. The van der Waals surface area contributed by atoms with E-state index in [0.29, 0.717) is 27.8 Å². The lowest BCUT2D eigenvalue weighted by molar-refractivity contribution is 0.0602. The highest BCUT2D eigenvalue weighted by Gasteiger charge is 2.21. The quantitative estimate of drug-likeness (QED) is 0.512. The molecule has 0 unspecified atom stereocenters. The molecule has 136 valence electrons. The third-order valence-electron chi connectivity index (χ3n) is 4.56.